The molecule has 0 unspecified atom stereocenters. The molecule has 5 rings (SSSR count). The van der Waals surface area contributed by atoms with Gasteiger partial charge in [-0.2, -0.15) is 9.65 Å². The molecular formula is C28H32FN9. The lowest BCUT2D eigenvalue weighted by Crippen LogP contribution is -2.34. The van der Waals surface area contributed by atoms with E-state index in [0.717, 1.165) is 80.1 Å². The van der Waals surface area contributed by atoms with Crippen LogP contribution in [0, 0.1) is 17.3 Å². The molecule has 2 aliphatic rings. The van der Waals surface area contributed by atoms with Crippen LogP contribution in [0.1, 0.15) is 48.6 Å². The van der Waals surface area contributed by atoms with Gasteiger partial charge >= 0.3 is 0 Å². The van der Waals surface area contributed by atoms with Crippen molar-refractivity contribution in [3.05, 3.63) is 65.9 Å². The van der Waals surface area contributed by atoms with Crippen LogP contribution in [0.2, 0.25) is 0 Å². The summed E-state index contributed by atoms with van der Waals surface area (Å²) >= 11 is 0. The lowest BCUT2D eigenvalue weighted by atomic mass is 9.90. The molecule has 0 aliphatic carbocycles. The van der Waals surface area contributed by atoms with Gasteiger partial charge in [0.1, 0.15) is 18.2 Å². The maximum atomic E-state index is 13.6. The molecule has 0 amide bonds. The fraction of sp³-hybridized carbons (Fsp3) is 0.393. The third kappa shape index (κ3) is 5.29. The van der Waals surface area contributed by atoms with Crippen LogP contribution in [0.15, 0.2) is 48.0 Å². The molecule has 1 aromatic carbocycles. The van der Waals surface area contributed by atoms with E-state index in [9.17, 15) is 9.65 Å². The summed E-state index contributed by atoms with van der Waals surface area (Å²) in [5, 5.41) is 22.2. The zero-order valence-electron chi connectivity index (χ0n) is 21.5. The number of aliphatic imine (C=N–C) groups is 1. The monoisotopic (exact) mass is 513 g/mol. The van der Waals surface area contributed by atoms with Gasteiger partial charge in [0, 0.05) is 66.9 Å². The topological polar surface area (TPSA) is 121 Å². The summed E-state index contributed by atoms with van der Waals surface area (Å²) in [4.78, 5) is 10.9. The number of nitrogens with zero attached hydrogens (tertiary/aromatic N) is 7. The average Bonchev–Trinajstić information content (AvgIpc) is 3.39. The summed E-state index contributed by atoms with van der Waals surface area (Å²) in [6.07, 6.45) is 10.3. The lowest BCUT2D eigenvalue weighted by molar-refractivity contribution is 0.461. The Morgan fingerprint density at radius 1 is 1.18 bits per heavy atom. The highest BCUT2D eigenvalue weighted by Gasteiger charge is 2.28. The number of hydrogen-bond donors (Lipinski definition) is 2. The van der Waals surface area contributed by atoms with E-state index in [0.29, 0.717) is 17.1 Å². The van der Waals surface area contributed by atoms with Crippen LogP contribution in [-0.4, -0.2) is 58.2 Å². The number of aryl methyl sites for hydroxylation is 1. The SMILES string of the molecule is Cn1cnnc1C1CCN(c2c(-c3ccc(F)nc3)ccc(/C(C=NC3CCNCC3)=C/N)c2C#N)CC1. The standard InChI is InChI=1S/C28H32FN9/c1-37-18-35-36-28(37)19-8-12-38(13-9-19)27-24(20-2-5-26(29)34-16-20)4-3-23(25(27)15-31)21(14-30)17-33-22-6-10-32-11-7-22/h2-5,14,16-19,22,32H,6-13,30H2,1H3/b21-14+,33-17?. The Hall–Kier alpha value is -4.10. The molecular weight excluding hydrogens is 481 g/mol. The van der Waals surface area contributed by atoms with Crippen LogP contribution in [-0.2, 0) is 7.05 Å². The van der Waals surface area contributed by atoms with Crippen LogP contribution in [0.4, 0.5) is 10.1 Å². The van der Waals surface area contributed by atoms with Crippen molar-refractivity contribution >= 4 is 17.5 Å². The maximum Gasteiger partial charge on any atom is 0.212 e. The third-order valence-electron chi connectivity index (χ3n) is 7.47. The second kappa shape index (κ2) is 11.5. The molecule has 0 radical (unpaired) electrons. The fourth-order valence-electron chi connectivity index (χ4n) is 5.41. The minimum Gasteiger partial charge on any atom is -0.404 e. The molecule has 2 saturated heterocycles. The first-order valence-electron chi connectivity index (χ1n) is 13.0. The van der Waals surface area contributed by atoms with Crippen molar-refractivity contribution in [2.75, 3.05) is 31.1 Å². The molecule has 196 valence electrons. The number of benzene rings is 1. The van der Waals surface area contributed by atoms with Crippen LogP contribution < -0.4 is 16.0 Å². The van der Waals surface area contributed by atoms with Gasteiger partial charge in [0.25, 0.3) is 0 Å². The van der Waals surface area contributed by atoms with Crippen LogP contribution in [0.25, 0.3) is 16.7 Å². The van der Waals surface area contributed by atoms with Gasteiger partial charge in [-0.15, -0.1) is 10.2 Å². The molecule has 38 heavy (non-hydrogen) atoms. The van der Waals surface area contributed by atoms with E-state index in [1.807, 2.05) is 23.7 Å². The average molecular weight is 514 g/mol. The molecule has 3 N–H and O–H groups in total. The van der Waals surface area contributed by atoms with Gasteiger partial charge in [0.05, 0.1) is 17.3 Å². The maximum absolute atomic E-state index is 13.6. The zero-order valence-corrected chi connectivity index (χ0v) is 21.5. The summed E-state index contributed by atoms with van der Waals surface area (Å²) in [7, 11) is 1.96. The van der Waals surface area contributed by atoms with Crippen LogP contribution in [0.3, 0.4) is 0 Å². The number of allylic oxidation sites excluding steroid dienone is 1. The Morgan fingerprint density at radius 2 is 1.97 bits per heavy atom. The Bertz CT molecular complexity index is 1360. The summed E-state index contributed by atoms with van der Waals surface area (Å²) in [6, 6.07) is 9.61. The van der Waals surface area contributed by atoms with Crippen molar-refractivity contribution in [3.8, 4) is 17.2 Å². The van der Waals surface area contributed by atoms with Crippen LogP contribution >= 0.6 is 0 Å². The molecule has 3 aromatic rings. The molecule has 2 aromatic heterocycles. The van der Waals surface area contributed by atoms with Gasteiger partial charge in [-0.3, -0.25) is 4.99 Å². The highest BCUT2D eigenvalue weighted by molar-refractivity contribution is 6.11. The van der Waals surface area contributed by atoms with Crippen molar-refractivity contribution in [3.63, 3.8) is 0 Å². The van der Waals surface area contributed by atoms with Gasteiger partial charge in [0.15, 0.2) is 0 Å². The normalized spacial score (nSPS) is 17.7. The Labute approximate surface area is 221 Å². The van der Waals surface area contributed by atoms with Crippen molar-refractivity contribution in [1.82, 2.24) is 25.1 Å². The predicted molar refractivity (Wildman–Crippen MR) is 146 cm³/mol. The molecule has 0 bridgehead atoms. The highest BCUT2D eigenvalue weighted by Crippen LogP contribution is 2.40. The molecule has 2 aliphatic heterocycles. The van der Waals surface area contributed by atoms with E-state index in [2.05, 4.69) is 31.5 Å². The first kappa shape index (κ1) is 25.5. The molecule has 4 heterocycles. The van der Waals surface area contributed by atoms with Gasteiger partial charge in [-0.05, 0) is 50.9 Å². The number of piperidine rings is 2. The van der Waals surface area contributed by atoms with E-state index < -0.39 is 5.95 Å². The predicted octanol–water partition coefficient (Wildman–Crippen LogP) is 3.39. The number of nitriles is 1. The molecule has 0 spiro atoms. The van der Waals surface area contributed by atoms with E-state index in [1.54, 1.807) is 18.6 Å². The fourth-order valence-corrected chi connectivity index (χ4v) is 5.41. The number of halogens is 1. The van der Waals surface area contributed by atoms with Crippen molar-refractivity contribution in [2.24, 2.45) is 17.8 Å². The van der Waals surface area contributed by atoms with Crippen molar-refractivity contribution in [1.29, 1.82) is 5.26 Å². The Morgan fingerprint density at radius 3 is 2.61 bits per heavy atom. The number of nitrogens with two attached hydrogens (primary N) is 1. The summed E-state index contributed by atoms with van der Waals surface area (Å²) in [5.41, 5.74) is 10.4. The van der Waals surface area contributed by atoms with E-state index in [4.69, 9.17) is 10.7 Å². The zero-order chi connectivity index (χ0) is 26.5. The molecule has 0 saturated carbocycles. The smallest absolute Gasteiger partial charge is 0.212 e. The largest absolute Gasteiger partial charge is 0.404 e. The minimum absolute atomic E-state index is 0.236. The van der Waals surface area contributed by atoms with Gasteiger partial charge in [0.2, 0.25) is 5.95 Å². The summed E-state index contributed by atoms with van der Waals surface area (Å²) < 4.78 is 15.6. The summed E-state index contributed by atoms with van der Waals surface area (Å²) in [5.74, 6) is 0.726. The quantitative estimate of drug-likeness (QED) is 0.383. The van der Waals surface area contributed by atoms with Crippen molar-refractivity contribution in [2.45, 2.75) is 37.6 Å². The van der Waals surface area contributed by atoms with Gasteiger partial charge in [-0.25, -0.2) is 4.98 Å². The molecule has 2 fully saturated rings. The second-order valence-electron chi connectivity index (χ2n) is 9.81. The van der Waals surface area contributed by atoms with Crippen molar-refractivity contribution < 1.29 is 4.39 Å². The van der Waals surface area contributed by atoms with Gasteiger partial charge < -0.3 is 20.5 Å². The molecule has 9 nitrogen and oxygen atoms in total. The number of nitrogens with one attached hydrogen (secondary N) is 1. The second-order valence-corrected chi connectivity index (χ2v) is 9.81. The number of anilines is 1. The number of hydrogen-bond acceptors (Lipinski definition) is 8. The van der Waals surface area contributed by atoms with E-state index >= 15 is 0 Å². The van der Waals surface area contributed by atoms with E-state index in [-0.39, 0.29) is 6.04 Å². The first-order chi connectivity index (χ1) is 18.6. The summed E-state index contributed by atoms with van der Waals surface area (Å²) in [6.45, 7) is 3.37. The third-order valence-corrected chi connectivity index (χ3v) is 7.47. The van der Waals surface area contributed by atoms with E-state index in [1.165, 1.54) is 18.5 Å². The Kier molecular flexibility index (Phi) is 7.75. The highest BCUT2D eigenvalue weighted by atomic mass is 19.1. The number of pyridine rings is 1. The molecule has 0 atom stereocenters. The number of aromatic nitrogens is 4. The Balaban J connectivity index is 1.52. The minimum atomic E-state index is -0.542. The first-order valence-corrected chi connectivity index (χ1v) is 13.0. The number of rotatable bonds is 6. The van der Waals surface area contributed by atoms with Gasteiger partial charge in [-0.1, -0.05) is 12.1 Å². The van der Waals surface area contributed by atoms with Crippen LogP contribution in [0.5, 0.6) is 0 Å². The molecule has 10 heteroatoms. The lowest BCUT2D eigenvalue weighted by Gasteiger charge is -2.35.